The number of fused-ring (bicyclic) bond motifs is 1. The summed E-state index contributed by atoms with van der Waals surface area (Å²) in [5.74, 6) is 1.82. The number of pyridine rings is 1. The van der Waals surface area contributed by atoms with Crippen LogP contribution in [0.4, 0.5) is 0 Å². The van der Waals surface area contributed by atoms with Gasteiger partial charge < -0.3 is 4.98 Å². The van der Waals surface area contributed by atoms with E-state index in [2.05, 4.69) is 37.5 Å². The number of H-pyrrole nitrogens is 1. The highest BCUT2D eigenvalue weighted by atomic mass is 127. The van der Waals surface area contributed by atoms with Gasteiger partial charge in [-0.25, -0.2) is 4.98 Å². The van der Waals surface area contributed by atoms with Crippen LogP contribution in [-0.4, -0.2) is 15.0 Å². The third-order valence-electron chi connectivity index (χ3n) is 2.86. The number of imidazole rings is 1. The molecule has 72 valence electrons. The van der Waals surface area contributed by atoms with Crippen LogP contribution in [0.25, 0.3) is 11.0 Å². The maximum atomic E-state index is 4.63. The van der Waals surface area contributed by atoms with Crippen molar-refractivity contribution in [2.24, 2.45) is 0 Å². The van der Waals surface area contributed by atoms with Crippen molar-refractivity contribution in [1.29, 1.82) is 0 Å². The topological polar surface area (TPSA) is 41.6 Å². The molecule has 2 aromatic rings. The summed E-state index contributed by atoms with van der Waals surface area (Å²) in [5, 5.41) is 0. The molecule has 0 atom stereocenters. The minimum Gasteiger partial charge on any atom is -0.340 e. The van der Waals surface area contributed by atoms with Gasteiger partial charge in [0.05, 0.1) is 15.3 Å². The summed E-state index contributed by atoms with van der Waals surface area (Å²) < 4.78 is 1.13. The summed E-state index contributed by atoms with van der Waals surface area (Å²) in [7, 11) is 0. The fourth-order valence-electron chi connectivity index (χ4n) is 1.79. The molecule has 2 heterocycles. The van der Waals surface area contributed by atoms with E-state index in [0.29, 0.717) is 5.92 Å². The molecule has 1 aliphatic carbocycles. The molecule has 4 heteroatoms. The number of hydrogen-bond donors (Lipinski definition) is 1. The summed E-state index contributed by atoms with van der Waals surface area (Å²) in [6.45, 7) is 0. The Labute approximate surface area is 95.5 Å². The Morgan fingerprint density at radius 3 is 2.86 bits per heavy atom. The average Bonchev–Trinajstić information content (AvgIpc) is 2.46. The predicted octanol–water partition coefficient (Wildman–Crippen LogP) is 2.83. The number of halogens is 1. The third-order valence-corrected chi connectivity index (χ3v) is 3.65. The largest absolute Gasteiger partial charge is 0.340 e. The number of aromatic nitrogens is 3. The van der Waals surface area contributed by atoms with Crippen LogP contribution < -0.4 is 0 Å². The van der Waals surface area contributed by atoms with E-state index in [1.165, 1.54) is 19.3 Å². The highest BCUT2D eigenvalue weighted by molar-refractivity contribution is 14.1. The first-order valence-corrected chi connectivity index (χ1v) is 5.91. The maximum Gasteiger partial charge on any atom is 0.110 e. The highest BCUT2D eigenvalue weighted by Crippen LogP contribution is 2.35. The van der Waals surface area contributed by atoms with Crippen LogP contribution in [-0.2, 0) is 0 Å². The van der Waals surface area contributed by atoms with Crippen LogP contribution in [0.5, 0.6) is 0 Å². The third kappa shape index (κ3) is 1.24. The Bertz CT molecular complexity index is 473. The summed E-state index contributed by atoms with van der Waals surface area (Å²) in [4.78, 5) is 12.1. The second-order valence-electron chi connectivity index (χ2n) is 3.77. The maximum absolute atomic E-state index is 4.63. The second kappa shape index (κ2) is 3.18. The van der Waals surface area contributed by atoms with Gasteiger partial charge in [-0.1, -0.05) is 6.42 Å². The van der Waals surface area contributed by atoms with Crippen molar-refractivity contribution in [3.05, 3.63) is 21.8 Å². The molecule has 0 bridgehead atoms. The molecule has 1 fully saturated rings. The molecule has 3 rings (SSSR count). The van der Waals surface area contributed by atoms with Crippen LogP contribution in [0, 0.1) is 3.57 Å². The predicted molar refractivity (Wildman–Crippen MR) is 63.2 cm³/mol. The Morgan fingerprint density at radius 2 is 2.21 bits per heavy atom. The number of aromatic amines is 1. The fourth-order valence-corrected chi connectivity index (χ4v) is 2.37. The standard InChI is InChI=1S/C10H10IN3/c11-7-4-12-5-8-9(7)14-10(13-8)6-2-1-3-6/h4-6H,1-3H2,(H,13,14). The molecular weight excluding hydrogens is 289 g/mol. The lowest BCUT2D eigenvalue weighted by Crippen LogP contribution is -2.10. The van der Waals surface area contributed by atoms with Crippen LogP contribution in [0.15, 0.2) is 12.4 Å². The van der Waals surface area contributed by atoms with Gasteiger partial charge in [0.15, 0.2) is 0 Å². The van der Waals surface area contributed by atoms with E-state index in [0.717, 1.165) is 20.4 Å². The van der Waals surface area contributed by atoms with Gasteiger partial charge in [-0.2, -0.15) is 0 Å². The molecule has 0 spiro atoms. The number of rotatable bonds is 1. The molecule has 2 aromatic heterocycles. The number of nitrogens with one attached hydrogen (secondary N) is 1. The zero-order valence-electron chi connectivity index (χ0n) is 7.63. The van der Waals surface area contributed by atoms with Crippen molar-refractivity contribution < 1.29 is 0 Å². The molecule has 0 amide bonds. The summed E-state index contributed by atoms with van der Waals surface area (Å²) >= 11 is 2.28. The lowest BCUT2D eigenvalue weighted by atomic mass is 9.85. The quantitative estimate of drug-likeness (QED) is 0.823. The molecule has 3 nitrogen and oxygen atoms in total. The van der Waals surface area contributed by atoms with Crippen molar-refractivity contribution in [2.75, 3.05) is 0 Å². The van der Waals surface area contributed by atoms with Gasteiger partial charge in [0, 0.05) is 12.1 Å². The first-order valence-electron chi connectivity index (χ1n) is 4.84. The van der Waals surface area contributed by atoms with Crippen LogP contribution >= 0.6 is 22.6 Å². The summed E-state index contributed by atoms with van der Waals surface area (Å²) in [6.07, 6.45) is 7.62. The van der Waals surface area contributed by atoms with Crippen molar-refractivity contribution in [1.82, 2.24) is 15.0 Å². The lowest BCUT2D eigenvalue weighted by molar-refractivity contribution is 0.405. The van der Waals surface area contributed by atoms with Crippen LogP contribution in [0.2, 0.25) is 0 Å². The molecular formula is C10H10IN3. The van der Waals surface area contributed by atoms with E-state index in [-0.39, 0.29) is 0 Å². The minimum atomic E-state index is 0.665. The SMILES string of the molecule is Ic1cncc2[nH]c(C3CCC3)nc12. The van der Waals surface area contributed by atoms with Crippen LogP contribution in [0.3, 0.4) is 0 Å². The van der Waals surface area contributed by atoms with Gasteiger partial charge in [-0.3, -0.25) is 4.98 Å². The van der Waals surface area contributed by atoms with E-state index in [4.69, 9.17) is 0 Å². The van der Waals surface area contributed by atoms with E-state index in [1.54, 1.807) is 0 Å². The van der Waals surface area contributed by atoms with E-state index < -0.39 is 0 Å². The average molecular weight is 299 g/mol. The lowest BCUT2D eigenvalue weighted by Gasteiger charge is -2.22. The van der Waals surface area contributed by atoms with Gasteiger partial charge >= 0.3 is 0 Å². The zero-order valence-corrected chi connectivity index (χ0v) is 9.78. The zero-order chi connectivity index (χ0) is 9.54. The van der Waals surface area contributed by atoms with Crippen molar-refractivity contribution >= 4 is 33.6 Å². The Hall–Kier alpha value is -0.650. The fraction of sp³-hybridized carbons (Fsp3) is 0.400. The molecule has 1 saturated carbocycles. The first kappa shape index (κ1) is 8.64. The molecule has 0 unspecified atom stereocenters. The monoisotopic (exact) mass is 299 g/mol. The summed E-state index contributed by atoms with van der Waals surface area (Å²) in [6, 6.07) is 0. The summed E-state index contributed by atoms with van der Waals surface area (Å²) in [5.41, 5.74) is 2.14. The highest BCUT2D eigenvalue weighted by Gasteiger charge is 2.22. The van der Waals surface area contributed by atoms with E-state index in [1.807, 2.05) is 12.4 Å². The van der Waals surface area contributed by atoms with Gasteiger partial charge in [-0.05, 0) is 35.4 Å². The van der Waals surface area contributed by atoms with Crippen molar-refractivity contribution in [3.8, 4) is 0 Å². The minimum absolute atomic E-state index is 0.665. The molecule has 1 aliphatic rings. The van der Waals surface area contributed by atoms with Gasteiger partial charge in [0.25, 0.3) is 0 Å². The van der Waals surface area contributed by atoms with Gasteiger partial charge in [0.1, 0.15) is 11.3 Å². The van der Waals surface area contributed by atoms with Crippen molar-refractivity contribution in [3.63, 3.8) is 0 Å². The van der Waals surface area contributed by atoms with E-state index >= 15 is 0 Å². The molecule has 0 aromatic carbocycles. The molecule has 1 N–H and O–H groups in total. The molecule has 0 aliphatic heterocycles. The Kier molecular flexibility index (Phi) is 1.97. The normalized spacial score (nSPS) is 17.2. The second-order valence-corrected chi connectivity index (χ2v) is 4.93. The first-order chi connectivity index (χ1) is 6.84. The molecule has 0 radical (unpaired) electrons. The van der Waals surface area contributed by atoms with Gasteiger partial charge in [-0.15, -0.1) is 0 Å². The van der Waals surface area contributed by atoms with Crippen LogP contribution in [0.1, 0.15) is 31.0 Å². The smallest absolute Gasteiger partial charge is 0.110 e. The Morgan fingerprint density at radius 1 is 1.36 bits per heavy atom. The van der Waals surface area contributed by atoms with Crippen molar-refractivity contribution in [2.45, 2.75) is 25.2 Å². The molecule has 14 heavy (non-hydrogen) atoms. The van der Waals surface area contributed by atoms with Gasteiger partial charge in [0.2, 0.25) is 0 Å². The van der Waals surface area contributed by atoms with E-state index in [9.17, 15) is 0 Å². The number of nitrogens with zero attached hydrogens (tertiary/aromatic N) is 2. The Balaban J connectivity index is 2.15. The molecule has 0 saturated heterocycles. The number of hydrogen-bond acceptors (Lipinski definition) is 2.